The van der Waals surface area contributed by atoms with Gasteiger partial charge in [-0.05, 0) is 72.9 Å². The van der Waals surface area contributed by atoms with Gasteiger partial charge < -0.3 is 9.84 Å². The average Bonchev–Trinajstić information content (AvgIpc) is 2.82. The number of phenols is 1. The number of nitrogens with one attached hydrogen (secondary N) is 1. The number of nitrogens with zero attached hydrogens (tertiary/aromatic N) is 2. The van der Waals surface area contributed by atoms with E-state index < -0.39 is 0 Å². The van der Waals surface area contributed by atoms with Crippen molar-refractivity contribution in [1.82, 2.24) is 5.43 Å². The molecule has 1 amide bonds. The smallest absolute Gasteiger partial charge is 0.277 e. The third-order valence-corrected chi connectivity index (χ3v) is 5.62. The molecule has 0 saturated heterocycles. The number of carbonyl (C=O) groups excluding carboxylic acids is 1. The van der Waals surface area contributed by atoms with Crippen molar-refractivity contribution in [1.29, 1.82) is 0 Å². The highest BCUT2D eigenvalue weighted by molar-refractivity contribution is 9.10. The van der Waals surface area contributed by atoms with Crippen molar-refractivity contribution in [3.8, 4) is 11.5 Å². The highest BCUT2D eigenvalue weighted by atomic mass is 79.9. The van der Waals surface area contributed by atoms with Crippen LogP contribution >= 0.6 is 15.9 Å². The second kappa shape index (κ2) is 11.6. The van der Waals surface area contributed by atoms with E-state index in [9.17, 15) is 9.90 Å². The number of phenolic OH excluding ortho intramolecular Hbond substituents is 1. The molecule has 0 aliphatic rings. The summed E-state index contributed by atoms with van der Waals surface area (Å²) in [5.41, 5.74) is 7.55. The van der Waals surface area contributed by atoms with Gasteiger partial charge in [-0.1, -0.05) is 54.0 Å². The first-order valence-electron chi connectivity index (χ1n) is 10.9. The molecule has 2 N–H and O–H groups in total. The Labute approximate surface area is 208 Å². The van der Waals surface area contributed by atoms with Gasteiger partial charge in [-0.3, -0.25) is 9.79 Å². The van der Waals surface area contributed by atoms with E-state index in [0.29, 0.717) is 17.2 Å². The topological polar surface area (TPSA) is 83.3 Å². The molecule has 0 atom stereocenters. The first-order chi connectivity index (χ1) is 16.2. The number of aromatic hydroxyl groups is 1. The van der Waals surface area contributed by atoms with E-state index in [1.54, 1.807) is 24.4 Å². The standard InChI is InChI=1S/C27H28BrN3O3/c1-17(2)24-11-5-18(3)13-26(24)34-16-27(33)31-30-19(4)20-6-9-23(10-7-20)29-15-21-14-22(28)8-12-25(21)32/h5-15,17,32H,16H2,1-4H3,(H,31,33). The first kappa shape index (κ1) is 25.2. The number of aryl methyl sites for hydroxylation is 1. The molecule has 3 rings (SSSR count). The van der Waals surface area contributed by atoms with E-state index in [0.717, 1.165) is 32.6 Å². The van der Waals surface area contributed by atoms with Crippen molar-refractivity contribution in [2.45, 2.75) is 33.6 Å². The number of hydrogen-bond donors (Lipinski definition) is 2. The molecule has 176 valence electrons. The molecular weight excluding hydrogens is 494 g/mol. The van der Waals surface area contributed by atoms with Crippen LogP contribution in [0.4, 0.5) is 5.69 Å². The SMILES string of the molecule is CC(=NNC(=O)COc1cc(C)ccc1C(C)C)c1ccc(N=Cc2cc(Br)ccc2O)cc1. The second-order valence-electron chi connectivity index (χ2n) is 8.23. The van der Waals surface area contributed by atoms with E-state index in [-0.39, 0.29) is 18.3 Å². The van der Waals surface area contributed by atoms with Crippen LogP contribution in [0.15, 0.2) is 75.2 Å². The normalized spacial score (nSPS) is 11.8. The third-order valence-electron chi connectivity index (χ3n) is 5.13. The van der Waals surface area contributed by atoms with Crippen molar-refractivity contribution in [3.63, 3.8) is 0 Å². The molecule has 0 radical (unpaired) electrons. The fraction of sp³-hybridized carbons (Fsp3) is 0.222. The molecule has 0 aliphatic carbocycles. The van der Waals surface area contributed by atoms with Crippen LogP contribution < -0.4 is 10.2 Å². The van der Waals surface area contributed by atoms with Crippen LogP contribution in [0.2, 0.25) is 0 Å². The summed E-state index contributed by atoms with van der Waals surface area (Å²) in [6.45, 7) is 7.87. The number of carbonyl (C=O) groups is 1. The number of aliphatic imine (C=N–C) groups is 1. The molecule has 0 aliphatic heterocycles. The largest absolute Gasteiger partial charge is 0.507 e. The summed E-state index contributed by atoms with van der Waals surface area (Å²) in [7, 11) is 0. The van der Waals surface area contributed by atoms with Crippen molar-refractivity contribution in [2.75, 3.05) is 6.61 Å². The van der Waals surface area contributed by atoms with E-state index in [1.807, 2.05) is 56.3 Å². The van der Waals surface area contributed by atoms with Crippen LogP contribution in [-0.4, -0.2) is 29.5 Å². The summed E-state index contributed by atoms with van der Waals surface area (Å²) in [6, 6.07) is 18.6. The summed E-state index contributed by atoms with van der Waals surface area (Å²) in [4.78, 5) is 16.7. The Morgan fingerprint density at radius 3 is 2.56 bits per heavy atom. The zero-order valence-electron chi connectivity index (χ0n) is 19.7. The predicted octanol–water partition coefficient (Wildman–Crippen LogP) is 6.26. The van der Waals surface area contributed by atoms with E-state index in [2.05, 4.69) is 45.3 Å². The molecular formula is C27H28BrN3O3. The minimum absolute atomic E-state index is 0.115. The van der Waals surface area contributed by atoms with Crippen molar-refractivity contribution in [2.24, 2.45) is 10.1 Å². The van der Waals surface area contributed by atoms with Crippen LogP contribution in [-0.2, 0) is 4.79 Å². The zero-order valence-corrected chi connectivity index (χ0v) is 21.3. The van der Waals surface area contributed by atoms with Crippen LogP contribution in [0, 0.1) is 6.92 Å². The van der Waals surface area contributed by atoms with Gasteiger partial charge in [0.2, 0.25) is 0 Å². The Morgan fingerprint density at radius 2 is 1.85 bits per heavy atom. The highest BCUT2D eigenvalue weighted by Crippen LogP contribution is 2.27. The molecule has 0 spiro atoms. The van der Waals surface area contributed by atoms with E-state index >= 15 is 0 Å². The molecule has 7 heteroatoms. The van der Waals surface area contributed by atoms with Gasteiger partial charge in [0, 0.05) is 16.3 Å². The minimum atomic E-state index is -0.328. The predicted molar refractivity (Wildman–Crippen MR) is 141 cm³/mol. The number of rotatable bonds is 8. The van der Waals surface area contributed by atoms with Gasteiger partial charge in [0.15, 0.2) is 6.61 Å². The molecule has 0 bridgehead atoms. The van der Waals surface area contributed by atoms with Gasteiger partial charge in [-0.25, -0.2) is 5.43 Å². The lowest BCUT2D eigenvalue weighted by Crippen LogP contribution is -2.26. The average molecular weight is 522 g/mol. The second-order valence-corrected chi connectivity index (χ2v) is 9.14. The lowest BCUT2D eigenvalue weighted by atomic mass is 10.0. The molecule has 3 aromatic rings. The number of halogens is 1. The molecule has 0 fully saturated rings. The Morgan fingerprint density at radius 1 is 1.12 bits per heavy atom. The van der Waals surface area contributed by atoms with Crippen molar-refractivity contribution in [3.05, 3.63) is 87.4 Å². The maximum atomic E-state index is 12.3. The van der Waals surface area contributed by atoms with Gasteiger partial charge in [-0.15, -0.1) is 0 Å². The Bertz CT molecular complexity index is 1220. The van der Waals surface area contributed by atoms with Gasteiger partial charge in [0.05, 0.1) is 11.4 Å². The molecule has 6 nitrogen and oxygen atoms in total. The number of benzene rings is 3. The van der Waals surface area contributed by atoms with Crippen LogP contribution in [0.25, 0.3) is 0 Å². The van der Waals surface area contributed by atoms with Gasteiger partial charge in [0.25, 0.3) is 5.91 Å². The van der Waals surface area contributed by atoms with Crippen molar-refractivity contribution < 1.29 is 14.6 Å². The number of ether oxygens (including phenoxy) is 1. The first-order valence-corrected chi connectivity index (χ1v) is 11.7. The molecule has 0 saturated carbocycles. The molecule has 0 aromatic heterocycles. The van der Waals surface area contributed by atoms with Crippen LogP contribution in [0.3, 0.4) is 0 Å². The third kappa shape index (κ3) is 7.02. The number of amides is 1. The molecule has 3 aromatic carbocycles. The Kier molecular flexibility index (Phi) is 8.60. The summed E-state index contributed by atoms with van der Waals surface area (Å²) in [6.07, 6.45) is 1.61. The maximum Gasteiger partial charge on any atom is 0.277 e. The van der Waals surface area contributed by atoms with Crippen molar-refractivity contribution >= 4 is 39.5 Å². The lowest BCUT2D eigenvalue weighted by molar-refractivity contribution is -0.123. The maximum absolute atomic E-state index is 12.3. The number of hydrazone groups is 1. The summed E-state index contributed by atoms with van der Waals surface area (Å²) >= 11 is 3.38. The zero-order chi connectivity index (χ0) is 24.7. The molecule has 0 unspecified atom stereocenters. The summed E-state index contributed by atoms with van der Waals surface area (Å²) in [5.74, 6) is 0.851. The van der Waals surface area contributed by atoms with Gasteiger partial charge >= 0.3 is 0 Å². The number of hydrogen-bond acceptors (Lipinski definition) is 5. The van der Waals surface area contributed by atoms with Gasteiger partial charge in [-0.2, -0.15) is 5.10 Å². The van der Waals surface area contributed by atoms with Gasteiger partial charge in [0.1, 0.15) is 11.5 Å². The summed E-state index contributed by atoms with van der Waals surface area (Å²) in [5, 5.41) is 14.1. The van der Waals surface area contributed by atoms with Crippen LogP contribution in [0.5, 0.6) is 11.5 Å². The molecule has 34 heavy (non-hydrogen) atoms. The highest BCUT2D eigenvalue weighted by Gasteiger charge is 2.10. The molecule has 0 heterocycles. The minimum Gasteiger partial charge on any atom is -0.507 e. The fourth-order valence-electron chi connectivity index (χ4n) is 3.19. The Hall–Kier alpha value is -3.45. The Balaban J connectivity index is 1.58. The lowest BCUT2D eigenvalue weighted by Gasteiger charge is -2.14. The quantitative estimate of drug-likeness (QED) is 0.271. The van der Waals surface area contributed by atoms with Crippen LogP contribution in [0.1, 0.15) is 48.9 Å². The van der Waals surface area contributed by atoms with E-state index in [1.165, 1.54) is 0 Å². The fourth-order valence-corrected chi connectivity index (χ4v) is 3.57. The summed E-state index contributed by atoms with van der Waals surface area (Å²) < 4.78 is 6.62. The van der Waals surface area contributed by atoms with E-state index in [4.69, 9.17) is 4.74 Å². The monoisotopic (exact) mass is 521 g/mol.